The van der Waals surface area contributed by atoms with Crippen molar-refractivity contribution >= 4 is 23.7 Å². The second kappa shape index (κ2) is 6.06. The third-order valence-electron chi connectivity index (χ3n) is 4.63. The van der Waals surface area contributed by atoms with Gasteiger partial charge in [0.05, 0.1) is 12.7 Å². The topological polar surface area (TPSA) is 50.7 Å². The molecule has 2 aliphatic carbocycles. The number of ether oxygens (including phenoxy) is 1. The van der Waals surface area contributed by atoms with Crippen molar-refractivity contribution in [2.24, 2.45) is 22.9 Å². The van der Waals surface area contributed by atoms with Crippen LogP contribution in [0.25, 0.3) is 0 Å². The van der Waals surface area contributed by atoms with Crippen LogP contribution >= 0.6 is 11.6 Å². The van der Waals surface area contributed by atoms with Crippen molar-refractivity contribution in [3.05, 3.63) is 28.8 Å². The maximum Gasteiger partial charge on any atom is 0.275 e. The van der Waals surface area contributed by atoms with Gasteiger partial charge in [-0.3, -0.25) is 4.79 Å². The number of methoxy groups -OCH3 is 1. The van der Waals surface area contributed by atoms with E-state index in [9.17, 15) is 4.79 Å². The number of fused-ring (bicyclic) bond motifs is 2. The molecule has 2 aliphatic rings. The molecule has 0 saturated heterocycles. The van der Waals surface area contributed by atoms with Gasteiger partial charge >= 0.3 is 0 Å². The number of hydrazone groups is 1. The number of carbonyl (C=O) groups is 1. The Kier molecular flexibility index (Phi) is 4.15. The zero-order valence-corrected chi connectivity index (χ0v) is 12.8. The molecular formula is C16H19ClN2O2. The Bertz CT molecular complexity index is 573. The molecule has 1 amide bonds. The van der Waals surface area contributed by atoms with Gasteiger partial charge in [-0.25, -0.2) is 5.43 Å². The van der Waals surface area contributed by atoms with E-state index >= 15 is 0 Å². The van der Waals surface area contributed by atoms with Crippen LogP contribution in [0.3, 0.4) is 0 Å². The van der Waals surface area contributed by atoms with E-state index in [1.54, 1.807) is 18.2 Å². The van der Waals surface area contributed by atoms with E-state index in [2.05, 4.69) is 10.5 Å². The summed E-state index contributed by atoms with van der Waals surface area (Å²) in [6.45, 7) is 0. The highest BCUT2D eigenvalue weighted by Crippen LogP contribution is 2.47. The molecule has 3 atom stereocenters. The summed E-state index contributed by atoms with van der Waals surface area (Å²) in [5.74, 6) is 2.35. The zero-order chi connectivity index (χ0) is 14.8. The molecule has 0 aromatic heterocycles. The lowest BCUT2D eigenvalue weighted by atomic mass is 9.90. The fourth-order valence-electron chi connectivity index (χ4n) is 3.59. The van der Waals surface area contributed by atoms with E-state index in [0.717, 1.165) is 11.8 Å². The van der Waals surface area contributed by atoms with Gasteiger partial charge < -0.3 is 4.74 Å². The van der Waals surface area contributed by atoms with E-state index in [1.165, 1.54) is 32.8 Å². The summed E-state index contributed by atoms with van der Waals surface area (Å²) in [6, 6.07) is 4.95. The van der Waals surface area contributed by atoms with Gasteiger partial charge in [-0.15, -0.1) is 0 Å². The lowest BCUT2D eigenvalue weighted by molar-refractivity contribution is 0.0952. The number of amides is 1. The summed E-state index contributed by atoms with van der Waals surface area (Å²) >= 11 is 5.92. The van der Waals surface area contributed by atoms with Gasteiger partial charge in [0.15, 0.2) is 0 Å². The molecule has 1 aromatic rings. The number of nitrogens with one attached hydrogen (secondary N) is 1. The Morgan fingerprint density at radius 2 is 2.29 bits per heavy atom. The standard InChI is InChI=1S/C16H19ClN2O2/c1-21-15-5-4-13(17)8-14(15)16(20)19-18-9-12-7-10-2-3-11(12)6-10/h4-5,8-12H,2-3,6-7H2,1H3,(H,19,20)/b18-9+. The lowest BCUT2D eigenvalue weighted by Gasteiger charge is -2.16. The van der Waals surface area contributed by atoms with E-state index in [-0.39, 0.29) is 5.91 Å². The molecule has 0 radical (unpaired) electrons. The number of carbonyl (C=O) groups excluding carboxylic acids is 1. The van der Waals surface area contributed by atoms with Crippen molar-refractivity contribution in [2.75, 3.05) is 7.11 Å². The molecular weight excluding hydrogens is 288 g/mol. The molecule has 4 nitrogen and oxygen atoms in total. The minimum absolute atomic E-state index is 0.297. The second-order valence-electron chi connectivity index (χ2n) is 5.90. The monoisotopic (exact) mass is 306 g/mol. The van der Waals surface area contributed by atoms with Gasteiger partial charge in [-0.05, 0) is 55.2 Å². The van der Waals surface area contributed by atoms with Crippen LogP contribution in [0.1, 0.15) is 36.0 Å². The molecule has 2 bridgehead atoms. The van der Waals surface area contributed by atoms with Crippen molar-refractivity contribution in [1.82, 2.24) is 5.43 Å². The average Bonchev–Trinajstić information content (AvgIpc) is 3.09. The first-order chi connectivity index (χ1) is 10.2. The van der Waals surface area contributed by atoms with Crippen molar-refractivity contribution in [2.45, 2.75) is 25.7 Å². The lowest BCUT2D eigenvalue weighted by Crippen LogP contribution is -2.20. The highest BCUT2D eigenvalue weighted by atomic mass is 35.5. The molecule has 1 aromatic carbocycles. The smallest absolute Gasteiger partial charge is 0.275 e. The summed E-state index contributed by atoms with van der Waals surface area (Å²) < 4.78 is 5.17. The van der Waals surface area contributed by atoms with E-state index in [4.69, 9.17) is 16.3 Å². The quantitative estimate of drug-likeness (QED) is 0.683. The van der Waals surface area contributed by atoms with Crippen LogP contribution in [0.2, 0.25) is 5.02 Å². The number of hydrogen-bond acceptors (Lipinski definition) is 3. The summed E-state index contributed by atoms with van der Waals surface area (Å²) in [4.78, 5) is 12.1. The van der Waals surface area contributed by atoms with Crippen LogP contribution in [-0.2, 0) is 0 Å². The Balaban J connectivity index is 1.63. The maximum absolute atomic E-state index is 12.1. The SMILES string of the molecule is COc1ccc(Cl)cc1C(=O)N/N=C/C1CC2CCC1C2. The third kappa shape index (κ3) is 3.05. The van der Waals surface area contributed by atoms with Crippen molar-refractivity contribution in [3.63, 3.8) is 0 Å². The molecule has 2 saturated carbocycles. The van der Waals surface area contributed by atoms with E-state index in [1.807, 2.05) is 6.21 Å². The molecule has 3 rings (SSSR count). The Labute approximate surface area is 129 Å². The molecule has 0 spiro atoms. The molecule has 5 heteroatoms. The molecule has 0 aliphatic heterocycles. The van der Waals surface area contributed by atoms with Crippen molar-refractivity contribution < 1.29 is 9.53 Å². The van der Waals surface area contributed by atoms with Crippen molar-refractivity contribution in [1.29, 1.82) is 0 Å². The summed E-state index contributed by atoms with van der Waals surface area (Å²) in [7, 11) is 1.53. The van der Waals surface area contributed by atoms with Crippen LogP contribution in [-0.4, -0.2) is 19.2 Å². The van der Waals surface area contributed by atoms with Gasteiger partial charge in [-0.2, -0.15) is 5.10 Å². The highest BCUT2D eigenvalue weighted by molar-refractivity contribution is 6.31. The molecule has 2 fully saturated rings. The Morgan fingerprint density at radius 3 is 2.95 bits per heavy atom. The van der Waals surface area contributed by atoms with Gasteiger partial charge in [0, 0.05) is 11.2 Å². The Morgan fingerprint density at radius 1 is 1.43 bits per heavy atom. The fraction of sp³-hybridized carbons (Fsp3) is 0.500. The average molecular weight is 307 g/mol. The van der Waals surface area contributed by atoms with E-state index in [0.29, 0.717) is 22.3 Å². The molecule has 1 N–H and O–H groups in total. The van der Waals surface area contributed by atoms with E-state index < -0.39 is 0 Å². The number of halogens is 1. The summed E-state index contributed by atoms with van der Waals surface area (Å²) in [5, 5.41) is 4.63. The fourth-order valence-corrected chi connectivity index (χ4v) is 3.76. The second-order valence-corrected chi connectivity index (χ2v) is 6.34. The Hall–Kier alpha value is -1.55. The third-order valence-corrected chi connectivity index (χ3v) is 4.87. The molecule has 3 unspecified atom stereocenters. The number of nitrogens with zero attached hydrogens (tertiary/aromatic N) is 1. The first kappa shape index (κ1) is 14.4. The van der Waals surface area contributed by atoms with Crippen LogP contribution in [0.5, 0.6) is 5.75 Å². The highest BCUT2D eigenvalue weighted by Gasteiger charge is 2.38. The first-order valence-electron chi connectivity index (χ1n) is 7.34. The maximum atomic E-state index is 12.1. The van der Waals surface area contributed by atoms with Crippen LogP contribution in [0, 0.1) is 17.8 Å². The van der Waals surface area contributed by atoms with Crippen LogP contribution < -0.4 is 10.2 Å². The van der Waals surface area contributed by atoms with Gasteiger partial charge in [-0.1, -0.05) is 18.0 Å². The predicted molar refractivity (Wildman–Crippen MR) is 82.9 cm³/mol. The summed E-state index contributed by atoms with van der Waals surface area (Å²) in [5.41, 5.74) is 2.98. The molecule has 112 valence electrons. The molecule has 21 heavy (non-hydrogen) atoms. The number of hydrogen-bond donors (Lipinski definition) is 1. The largest absolute Gasteiger partial charge is 0.496 e. The normalized spacial score (nSPS) is 27.2. The van der Waals surface area contributed by atoms with Gasteiger partial charge in [0.25, 0.3) is 5.91 Å². The van der Waals surface area contributed by atoms with Crippen LogP contribution in [0.15, 0.2) is 23.3 Å². The van der Waals surface area contributed by atoms with Gasteiger partial charge in [0.1, 0.15) is 5.75 Å². The summed E-state index contributed by atoms with van der Waals surface area (Å²) in [6.07, 6.45) is 7.11. The minimum atomic E-state index is -0.297. The first-order valence-corrected chi connectivity index (χ1v) is 7.72. The predicted octanol–water partition coefficient (Wildman–Crippen LogP) is 3.50. The van der Waals surface area contributed by atoms with Crippen LogP contribution in [0.4, 0.5) is 0 Å². The van der Waals surface area contributed by atoms with Crippen molar-refractivity contribution in [3.8, 4) is 5.75 Å². The number of benzene rings is 1. The molecule has 0 heterocycles. The van der Waals surface area contributed by atoms with Gasteiger partial charge in [0.2, 0.25) is 0 Å². The minimum Gasteiger partial charge on any atom is -0.496 e. The number of rotatable bonds is 4. The zero-order valence-electron chi connectivity index (χ0n) is 12.0.